The molecule has 0 heterocycles. The highest BCUT2D eigenvalue weighted by atomic mass is 16.0. The Morgan fingerprint density at radius 3 is 1.90 bits per heavy atom. The first kappa shape index (κ1) is 22.2. The molecule has 1 aliphatic rings. The van der Waals surface area contributed by atoms with Crippen molar-refractivity contribution in [3.63, 3.8) is 0 Å². The highest BCUT2D eigenvalue weighted by Gasteiger charge is 2.29. The van der Waals surface area contributed by atoms with Gasteiger partial charge in [0.15, 0.2) is 0 Å². The van der Waals surface area contributed by atoms with Crippen LogP contribution in [-0.4, -0.2) is 5.48 Å². The molecule has 0 radical (unpaired) electrons. The minimum atomic E-state index is 0. The van der Waals surface area contributed by atoms with Gasteiger partial charge in [0.25, 0.3) is 0 Å². The van der Waals surface area contributed by atoms with Gasteiger partial charge in [-0.05, 0) is 48.9 Å². The Hall–Kier alpha value is -0.0400. The van der Waals surface area contributed by atoms with Gasteiger partial charge >= 0.3 is 0 Å². The largest absolute Gasteiger partial charge is 0.412 e. The van der Waals surface area contributed by atoms with Crippen molar-refractivity contribution in [3.05, 3.63) is 0 Å². The zero-order valence-electron chi connectivity index (χ0n) is 15.3. The Kier molecular flexibility index (Phi) is 14.1. The van der Waals surface area contributed by atoms with E-state index in [0.717, 1.165) is 29.6 Å². The predicted molar refractivity (Wildman–Crippen MR) is 93.1 cm³/mol. The first-order chi connectivity index (χ1) is 8.96. The third-order valence-electron chi connectivity index (χ3n) is 4.74. The van der Waals surface area contributed by atoms with Gasteiger partial charge < -0.3 is 5.48 Å². The maximum Gasteiger partial charge on any atom is -0.0383 e. The summed E-state index contributed by atoms with van der Waals surface area (Å²) in [6.07, 6.45) is 10.0. The molecule has 1 fully saturated rings. The first-order valence-corrected chi connectivity index (χ1v) is 8.96. The van der Waals surface area contributed by atoms with E-state index in [9.17, 15) is 0 Å². The molecule has 4 unspecified atom stereocenters. The molecule has 0 aromatic rings. The molecule has 0 bridgehead atoms. The van der Waals surface area contributed by atoms with E-state index in [2.05, 4.69) is 48.5 Å². The van der Waals surface area contributed by atoms with Crippen LogP contribution in [0.2, 0.25) is 0 Å². The van der Waals surface area contributed by atoms with Crippen LogP contribution in [0.25, 0.3) is 0 Å². The molecule has 2 N–H and O–H groups in total. The highest BCUT2D eigenvalue weighted by molar-refractivity contribution is 4.80. The lowest BCUT2D eigenvalue weighted by atomic mass is 9.68. The second-order valence-corrected chi connectivity index (χ2v) is 7.41. The van der Waals surface area contributed by atoms with Crippen molar-refractivity contribution in [2.75, 3.05) is 0 Å². The van der Waals surface area contributed by atoms with Crippen molar-refractivity contribution in [3.8, 4) is 0 Å². The van der Waals surface area contributed by atoms with Crippen molar-refractivity contribution in [2.45, 2.75) is 93.4 Å². The van der Waals surface area contributed by atoms with Gasteiger partial charge in [-0.2, -0.15) is 0 Å². The summed E-state index contributed by atoms with van der Waals surface area (Å²) in [5.41, 5.74) is 0. The molecule has 1 rings (SSSR count). The summed E-state index contributed by atoms with van der Waals surface area (Å²) >= 11 is 0. The summed E-state index contributed by atoms with van der Waals surface area (Å²) in [7, 11) is 0. The molecular weight excluding hydrogens is 244 g/mol. The third-order valence-corrected chi connectivity index (χ3v) is 4.74. The van der Waals surface area contributed by atoms with E-state index in [1.807, 2.05) is 0 Å². The summed E-state index contributed by atoms with van der Waals surface area (Å²) in [6.45, 7) is 16.3. The second-order valence-electron chi connectivity index (χ2n) is 7.41. The molecule has 1 saturated carbocycles. The van der Waals surface area contributed by atoms with Gasteiger partial charge in [-0.3, -0.25) is 0 Å². The normalized spacial score (nSPS) is 27.3. The van der Waals surface area contributed by atoms with Gasteiger partial charge in [0.05, 0.1) is 0 Å². The van der Waals surface area contributed by atoms with Crippen LogP contribution < -0.4 is 0 Å². The van der Waals surface area contributed by atoms with E-state index < -0.39 is 0 Å². The number of hydrogen-bond donors (Lipinski definition) is 0. The van der Waals surface area contributed by atoms with Gasteiger partial charge in [-0.15, -0.1) is 0 Å². The maximum absolute atomic E-state index is 2.47. The Balaban J connectivity index is 0. The van der Waals surface area contributed by atoms with Crippen molar-refractivity contribution >= 4 is 0 Å². The standard InChI is InChI=1S/C16H32.C3H8.H2O/c1-6-7-15(10-12(2)3)16-9-8-13(4)14(5)11-16;1-3-2;/h12-16H,6-11H2,1-5H3;3H2,1-2H3;1H2. The molecule has 1 heteroatoms. The van der Waals surface area contributed by atoms with Crippen molar-refractivity contribution < 1.29 is 5.48 Å². The molecule has 0 aliphatic heterocycles. The van der Waals surface area contributed by atoms with E-state index in [-0.39, 0.29) is 5.48 Å². The van der Waals surface area contributed by atoms with Crippen LogP contribution in [0.3, 0.4) is 0 Å². The molecule has 1 nitrogen and oxygen atoms in total. The molecule has 0 aromatic heterocycles. The van der Waals surface area contributed by atoms with Gasteiger partial charge in [-0.25, -0.2) is 0 Å². The highest BCUT2D eigenvalue weighted by Crippen LogP contribution is 2.40. The fourth-order valence-corrected chi connectivity index (χ4v) is 3.54. The summed E-state index contributed by atoms with van der Waals surface area (Å²) in [5, 5.41) is 0. The lowest BCUT2D eigenvalue weighted by Crippen LogP contribution is -2.27. The zero-order valence-corrected chi connectivity index (χ0v) is 15.3. The zero-order chi connectivity index (χ0) is 14.8. The van der Waals surface area contributed by atoms with Gasteiger partial charge in [0.1, 0.15) is 0 Å². The molecule has 1 aliphatic carbocycles. The van der Waals surface area contributed by atoms with Crippen LogP contribution in [0, 0.1) is 29.6 Å². The summed E-state index contributed by atoms with van der Waals surface area (Å²) in [6, 6.07) is 0. The van der Waals surface area contributed by atoms with Crippen LogP contribution in [0.1, 0.15) is 93.4 Å². The van der Waals surface area contributed by atoms with Crippen LogP contribution >= 0.6 is 0 Å². The first-order valence-electron chi connectivity index (χ1n) is 8.96. The summed E-state index contributed by atoms with van der Waals surface area (Å²) in [4.78, 5) is 0. The average molecular weight is 287 g/mol. The van der Waals surface area contributed by atoms with Crippen LogP contribution in [0.4, 0.5) is 0 Å². The lowest BCUT2D eigenvalue weighted by molar-refractivity contribution is 0.136. The Bertz CT molecular complexity index is 200. The van der Waals surface area contributed by atoms with E-state index in [0.29, 0.717) is 0 Å². The molecule has 0 amide bonds. The summed E-state index contributed by atoms with van der Waals surface area (Å²) in [5.74, 6) is 4.86. The average Bonchev–Trinajstić information content (AvgIpc) is 2.33. The molecule has 0 aromatic carbocycles. The Morgan fingerprint density at radius 2 is 1.50 bits per heavy atom. The molecule has 124 valence electrons. The van der Waals surface area contributed by atoms with Crippen LogP contribution in [0.5, 0.6) is 0 Å². The second kappa shape index (κ2) is 12.7. The lowest BCUT2D eigenvalue weighted by Gasteiger charge is -2.37. The van der Waals surface area contributed by atoms with E-state index in [4.69, 9.17) is 0 Å². The Morgan fingerprint density at radius 1 is 0.950 bits per heavy atom. The number of rotatable bonds is 5. The van der Waals surface area contributed by atoms with E-state index in [1.165, 1.54) is 44.9 Å². The SMILES string of the molecule is CCC.CCCC(CC(C)C)C1CCC(C)C(C)C1.O. The van der Waals surface area contributed by atoms with Gasteiger partial charge in [-0.1, -0.05) is 74.1 Å². The van der Waals surface area contributed by atoms with Crippen LogP contribution in [0.15, 0.2) is 0 Å². The molecule has 20 heavy (non-hydrogen) atoms. The van der Waals surface area contributed by atoms with Gasteiger partial charge in [0.2, 0.25) is 0 Å². The smallest absolute Gasteiger partial charge is 0.0383 e. The predicted octanol–water partition coefficient (Wildman–Crippen LogP) is 6.11. The maximum atomic E-state index is 2.47. The van der Waals surface area contributed by atoms with Crippen molar-refractivity contribution in [1.82, 2.24) is 0 Å². The monoisotopic (exact) mass is 286 g/mol. The Labute approximate surface area is 129 Å². The molecule has 0 saturated heterocycles. The van der Waals surface area contributed by atoms with Crippen molar-refractivity contribution in [2.24, 2.45) is 29.6 Å². The molecular formula is C19H42O. The van der Waals surface area contributed by atoms with E-state index in [1.54, 1.807) is 0 Å². The molecule has 4 atom stereocenters. The van der Waals surface area contributed by atoms with Gasteiger partial charge in [0, 0.05) is 0 Å². The third kappa shape index (κ3) is 9.00. The fraction of sp³-hybridized carbons (Fsp3) is 1.00. The minimum Gasteiger partial charge on any atom is -0.412 e. The quantitative estimate of drug-likeness (QED) is 0.583. The summed E-state index contributed by atoms with van der Waals surface area (Å²) < 4.78 is 0. The number of hydrogen-bond acceptors (Lipinski definition) is 0. The fourth-order valence-electron chi connectivity index (χ4n) is 3.54. The van der Waals surface area contributed by atoms with Crippen molar-refractivity contribution in [1.29, 1.82) is 0 Å². The van der Waals surface area contributed by atoms with E-state index >= 15 is 0 Å². The van der Waals surface area contributed by atoms with Crippen LogP contribution in [-0.2, 0) is 0 Å². The molecule has 0 spiro atoms. The topological polar surface area (TPSA) is 31.5 Å². The minimum absolute atomic E-state index is 0.